The SMILES string of the molecule is CCC(NC(=O)c1cncc2c1cnn2-c1ccc(F)cc1)c1ccnc(C(C)(C)O)c1. The Morgan fingerprint density at radius 1 is 1.19 bits per heavy atom. The highest BCUT2D eigenvalue weighted by atomic mass is 19.1. The normalized spacial score (nSPS) is 12.7. The zero-order valence-electron chi connectivity index (χ0n) is 18.1. The number of fused-ring (bicyclic) bond motifs is 1. The highest BCUT2D eigenvalue weighted by Crippen LogP contribution is 2.25. The predicted molar refractivity (Wildman–Crippen MR) is 119 cm³/mol. The third-order valence-corrected chi connectivity index (χ3v) is 5.34. The Balaban J connectivity index is 1.64. The van der Waals surface area contributed by atoms with Crippen molar-refractivity contribution in [1.82, 2.24) is 25.1 Å². The number of carbonyl (C=O) groups excluding carboxylic acids is 1. The molecule has 164 valence electrons. The molecule has 0 saturated heterocycles. The maximum atomic E-state index is 13.3. The molecule has 0 radical (unpaired) electrons. The van der Waals surface area contributed by atoms with Gasteiger partial charge in [0.25, 0.3) is 5.91 Å². The third-order valence-electron chi connectivity index (χ3n) is 5.34. The number of halogens is 1. The van der Waals surface area contributed by atoms with Crippen LogP contribution in [0.15, 0.2) is 61.2 Å². The Morgan fingerprint density at radius 3 is 2.62 bits per heavy atom. The number of nitrogens with one attached hydrogen (secondary N) is 1. The minimum Gasteiger partial charge on any atom is -0.384 e. The molecule has 1 atom stereocenters. The molecule has 7 nitrogen and oxygen atoms in total. The zero-order valence-corrected chi connectivity index (χ0v) is 18.1. The largest absolute Gasteiger partial charge is 0.384 e. The van der Waals surface area contributed by atoms with E-state index in [4.69, 9.17) is 0 Å². The van der Waals surface area contributed by atoms with Crippen molar-refractivity contribution in [2.45, 2.75) is 38.8 Å². The van der Waals surface area contributed by atoms with Crippen LogP contribution in [0.2, 0.25) is 0 Å². The van der Waals surface area contributed by atoms with Gasteiger partial charge >= 0.3 is 0 Å². The summed E-state index contributed by atoms with van der Waals surface area (Å²) in [5, 5.41) is 18.3. The quantitative estimate of drug-likeness (QED) is 0.478. The Bertz CT molecular complexity index is 1260. The first kappa shape index (κ1) is 21.6. The average molecular weight is 433 g/mol. The van der Waals surface area contributed by atoms with Crippen LogP contribution in [-0.4, -0.2) is 30.8 Å². The second-order valence-electron chi connectivity index (χ2n) is 8.12. The molecule has 1 aromatic carbocycles. The molecule has 0 bridgehead atoms. The van der Waals surface area contributed by atoms with Crippen molar-refractivity contribution in [3.63, 3.8) is 0 Å². The molecule has 8 heteroatoms. The number of aromatic nitrogens is 4. The van der Waals surface area contributed by atoms with E-state index in [1.165, 1.54) is 18.3 Å². The number of hydrogen-bond acceptors (Lipinski definition) is 5. The van der Waals surface area contributed by atoms with Crippen LogP contribution in [0.25, 0.3) is 16.6 Å². The highest BCUT2D eigenvalue weighted by Gasteiger charge is 2.22. The van der Waals surface area contributed by atoms with E-state index in [-0.39, 0.29) is 17.8 Å². The predicted octanol–water partition coefficient (Wildman–Crippen LogP) is 4.06. The lowest BCUT2D eigenvalue weighted by Crippen LogP contribution is -2.29. The summed E-state index contributed by atoms with van der Waals surface area (Å²) in [4.78, 5) is 21.6. The lowest BCUT2D eigenvalue weighted by molar-refractivity contribution is 0.0737. The van der Waals surface area contributed by atoms with Crippen LogP contribution in [0.3, 0.4) is 0 Å². The molecule has 3 aromatic heterocycles. The van der Waals surface area contributed by atoms with Crippen LogP contribution in [-0.2, 0) is 5.60 Å². The number of rotatable bonds is 6. The fraction of sp³-hybridized carbons (Fsp3) is 0.250. The first-order valence-corrected chi connectivity index (χ1v) is 10.3. The summed E-state index contributed by atoms with van der Waals surface area (Å²) in [5.41, 5.74) is 2.02. The minimum absolute atomic E-state index is 0.269. The van der Waals surface area contributed by atoms with Gasteiger partial charge in [-0.3, -0.25) is 14.8 Å². The standard InChI is InChI=1S/C24H24FN5O2/c1-4-20(15-9-10-27-22(11-15)24(2,3)32)29-23(31)19-12-26-14-21-18(19)13-28-30(21)17-7-5-16(25)6-8-17/h5-14,20,32H,4H2,1-3H3,(H,29,31). The van der Waals surface area contributed by atoms with Crippen LogP contribution in [0.4, 0.5) is 4.39 Å². The number of carbonyl (C=O) groups is 1. The van der Waals surface area contributed by atoms with Gasteiger partial charge in [-0.2, -0.15) is 5.10 Å². The topological polar surface area (TPSA) is 92.9 Å². The molecule has 0 aliphatic carbocycles. The maximum absolute atomic E-state index is 13.3. The maximum Gasteiger partial charge on any atom is 0.254 e. The van der Waals surface area contributed by atoms with Crippen molar-refractivity contribution in [3.05, 3.63) is 83.8 Å². The molecule has 32 heavy (non-hydrogen) atoms. The Kier molecular flexibility index (Phi) is 5.71. The van der Waals surface area contributed by atoms with Gasteiger partial charge in [-0.25, -0.2) is 9.07 Å². The molecular weight excluding hydrogens is 409 g/mol. The van der Waals surface area contributed by atoms with Gasteiger partial charge in [0.15, 0.2) is 0 Å². The summed E-state index contributed by atoms with van der Waals surface area (Å²) < 4.78 is 14.9. The Labute approximate surface area is 184 Å². The third kappa shape index (κ3) is 4.22. The van der Waals surface area contributed by atoms with Gasteiger partial charge in [0.2, 0.25) is 0 Å². The van der Waals surface area contributed by atoms with E-state index in [9.17, 15) is 14.3 Å². The van der Waals surface area contributed by atoms with Crippen molar-refractivity contribution < 1.29 is 14.3 Å². The molecule has 4 aromatic rings. The van der Waals surface area contributed by atoms with E-state index in [0.29, 0.717) is 34.3 Å². The molecule has 0 aliphatic heterocycles. The molecule has 0 spiro atoms. The number of nitrogens with zero attached hydrogens (tertiary/aromatic N) is 4. The first-order chi connectivity index (χ1) is 15.3. The van der Waals surface area contributed by atoms with Gasteiger partial charge in [-0.1, -0.05) is 6.92 Å². The summed E-state index contributed by atoms with van der Waals surface area (Å²) in [5.74, 6) is -0.618. The minimum atomic E-state index is -1.08. The van der Waals surface area contributed by atoms with Crippen LogP contribution < -0.4 is 5.32 Å². The van der Waals surface area contributed by atoms with Crippen molar-refractivity contribution in [1.29, 1.82) is 0 Å². The van der Waals surface area contributed by atoms with Crippen LogP contribution in [0.5, 0.6) is 0 Å². The Morgan fingerprint density at radius 2 is 1.94 bits per heavy atom. The first-order valence-electron chi connectivity index (χ1n) is 10.3. The van der Waals surface area contributed by atoms with Crippen molar-refractivity contribution in [2.75, 3.05) is 0 Å². The molecule has 0 saturated carbocycles. The van der Waals surface area contributed by atoms with Crippen molar-refractivity contribution in [3.8, 4) is 5.69 Å². The van der Waals surface area contributed by atoms with Crippen LogP contribution in [0.1, 0.15) is 54.8 Å². The smallest absolute Gasteiger partial charge is 0.254 e. The fourth-order valence-corrected chi connectivity index (χ4v) is 3.57. The monoisotopic (exact) mass is 433 g/mol. The molecule has 2 N–H and O–H groups in total. The van der Waals surface area contributed by atoms with E-state index in [2.05, 4.69) is 20.4 Å². The van der Waals surface area contributed by atoms with Crippen LogP contribution >= 0.6 is 0 Å². The van der Waals surface area contributed by atoms with Gasteiger partial charge in [-0.05, 0) is 62.2 Å². The van der Waals surface area contributed by atoms with E-state index >= 15 is 0 Å². The highest BCUT2D eigenvalue weighted by molar-refractivity contribution is 6.06. The number of benzene rings is 1. The number of hydrogen-bond donors (Lipinski definition) is 2. The van der Waals surface area contributed by atoms with Gasteiger partial charge in [0, 0.05) is 17.8 Å². The van der Waals surface area contributed by atoms with Gasteiger partial charge in [0.05, 0.1) is 40.9 Å². The summed E-state index contributed by atoms with van der Waals surface area (Å²) in [6, 6.07) is 9.31. The molecule has 4 rings (SSSR count). The molecule has 1 amide bonds. The number of amides is 1. The molecule has 1 unspecified atom stereocenters. The lowest BCUT2D eigenvalue weighted by atomic mass is 9.98. The summed E-state index contributed by atoms with van der Waals surface area (Å²) in [6.07, 6.45) is 7.02. The molecular formula is C24H24FN5O2. The second kappa shape index (κ2) is 8.47. The Hall–Kier alpha value is -3.65. The number of pyridine rings is 2. The van der Waals surface area contributed by atoms with Crippen LogP contribution in [0, 0.1) is 5.82 Å². The van der Waals surface area contributed by atoms with E-state index in [1.54, 1.807) is 55.3 Å². The van der Waals surface area contributed by atoms with Gasteiger partial charge in [-0.15, -0.1) is 0 Å². The van der Waals surface area contributed by atoms with E-state index in [0.717, 1.165) is 5.56 Å². The molecule has 3 heterocycles. The van der Waals surface area contributed by atoms with Gasteiger partial charge in [0.1, 0.15) is 11.4 Å². The molecule has 0 aliphatic rings. The lowest BCUT2D eigenvalue weighted by Gasteiger charge is -2.21. The molecule has 0 fully saturated rings. The average Bonchev–Trinajstić information content (AvgIpc) is 3.21. The van der Waals surface area contributed by atoms with Gasteiger partial charge < -0.3 is 10.4 Å². The van der Waals surface area contributed by atoms with Crippen molar-refractivity contribution >= 4 is 16.8 Å². The summed E-state index contributed by atoms with van der Waals surface area (Å²) in [7, 11) is 0. The second-order valence-corrected chi connectivity index (χ2v) is 8.12. The van der Waals surface area contributed by atoms with E-state index < -0.39 is 5.60 Å². The summed E-state index contributed by atoms with van der Waals surface area (Å²) >= 11 is 0. The zero-order chi connectivity index (χ0) is 22.9. The summed E-state index contributed by atoms with van der Waals surface area (Å²) in [6.45, 7) is 5.31. The van der Waals surface area contributed by atoms with Crippen molar-refractivity contribution in [2.24, 2.45) is 0 Å². The van der Waals surface area contributed by atoms with E-state index in [1.807, 2.05) is 13.0 Å². The fourth-order valence-electron chi connectivity index (χ4n) is 3.57. The number of aliphatic hydroxyl groups is 1.